The summed E-state index contributed by atoms with van der Waals surface area (Å²) in [5.41, 5.74) is 7.76. The number of benzene rings is 1. The van der Waals surface area contributed by atoms with Crippen molar-refractivity contribution < 1.29 is 4.79 Å². The van der Waals surface area contributed by atoms with Gasteiger partial charge in [-0.15, -0.1) is 0 Å². The fraction of sp³-hybridized carbons (Fsp3) is 0.533. The van der Waals surface area contributed by atoms with Crippen molar-refractivity contribution in [1.29, 1.82) is 0 Å². The number of amides is 2. The van der Waals surface area contributed by atoms with Gasteiger partial charge < -0.3 is 16.0 Å². The van der Waals surface area contributed by atoms with Crippen molar-refractivity contribution in [2.45, 2.75) is 32.2 Å². The topological polar surface area (TPSA) is 58.4 Å². The van der Waals surface area contributed by atoms with Crippen LogP contribution in [0.2, 0.25) is 0 Å². The standard InChI is InChI=1S/C15H23N3O/c1-11-5-3-7-13(9-11)17-15(19)18(2)14-8-4-6-12(14)10-16/h3,5,7,9,12,14H,4,6,8,10,16H2,1-2H3,(H,17,19). The highest BCUT2D eigenvalue weighted by Crippen LogP contribution is 2.28. The Morgan fingerprint density at radius 2 is 2.26 bits per heavy atom. The SMILES string of the molecule is Cc1cccc(NC(=O)N(C)C2CCCC2CN)c1. The molecule has 2 unspecified atom stereocenters. The second-order valence-electron chi connectivity index (χ2n) is 5.40. The van der Waals surface area contributed by atoms with Gasteiger partial charge in [0.1, 0.15) is 0 Å². The van der Waals surface area contributed by atoms with Crippen molar-refractivity contribution in [2.24, 2.45) is 11.7 Å². The molecule has 19 heavy (non-hydrogen) atoms. The van der Waals surface area contributed by atoms with Crippen LogP contribution in [0.15, 0.2) is 24.3 Å². The predicted octanol–water partition coefficient (Wildman–Crippen LogP) is 2.59. The Bertz CT molecular complexity index is 447. The first-order chi connectivity index (χ1) is 9.11. The van der Waals surface area contributed by atoms with E-state index in [4.69, 9.17) is 5.73 Å². The highest BCUT2D eigenvalue weighted by Gasteiger charge is 2.31. The van der Waals surface area contributed by atoms with Crippen LogP contribution in [-0.2, 0) is 0 Å². The molecule has 4 nitrogen and oxygen atoms in total. The molecule has 2 rings (SSSR count). The van der Waals surface area contributed by atoms with Gasteiger partial charge in [0.2, 0.25) is 0 Å². The fourth-order valence-corrected chi connectivity index (χ4v) is 2.89. The first kappa shape index (κ1) is 13.9. The number of rotatable bonds is 3. The normalized spacial score (nSPS) is 22.3. The second kappa shape index (κ2) is 6.06. The largest absolute Gasteiger partial charge is 0.330 e. The quantitative estimate of drug-likeness (QED) is 0.878. The van der Waals surface area contributed by atoms with Gasteiger partial charge in [-0.05, 0) is 49.9 Å². The number of hydrogen-bond donors (Lipinski definition) is 2. The Labute approximate surface area is 115 Å². The maximum Gasteiger partial charge on any atom is 0.321 e. The van der Waals surface area contributed by atoms with E-state index >= 15 is 0 Å². The van der Waals surface area contributed by atoms with E-state index in [0.29, 0.717) is 12.5 Å². The molecule has 0 bridgehead atoms. The van der Waals surface area contributed by atoms with E-state index in [1.165, 1.54) is 0 Å². The summed E-state index contributed by atoms with van der Waals surface area (Å²) in [6, 6.07) is 8.07. The van der Waals surface area contributed by atoms with Gasteiger partial charge in [-0.1, -0.05) is 18.6 Å². The van der Waals surface area contributed by atoms with Crippen LogP contribution in [0.4, 0.5) is 10.5 Å². The molecule has 1 fully saturated rings. The average Bonchev–Trinajstić information content (AvgIpc) is 2.86. The maximum atomic E-state index is 12.2. The molecular formula is C15H23N3O. The van der Waals surface area contributed by atoms with E-state index in [9.17, 15) is 4.79 Å². The molecule has 0 spiro atoms. The van der Waals surface area contributed by atoms with Gasteiger partial charge in [0.05, 0.1) is 0 Å². The molecule has 1 aliphatic rings. The van der Waals surface area contributed by atoms with Crippen molar-refractivity contribution in [3.8, 4) is 0 Å². The number of carbonyl (C=O) groups excluding carboxylic acids is 1. The minimum Gasteiger partial charge on any atom is -0.330 e. The van der Waals surface area contributed by atoms with Gasteiger partial charge in [0.15, 0.2) is 0 Å². The zero-order chi connectivity index (χ0) is 13.8. The molecule has 104 valence electrons. The van der Waals surface area contributed by atoms with Crippen LogP contribution in [-0.4, -0.2) is 30.6 Å². The first-order valence-corrected chi connectivity index (χ1v) is 6.92. The van der Waals surface area contributed by atoms with Crippen molar-refractivity contribution in [2.75, 3.05) is 18.9 Å². The smallest absolute Gasteiger partial charge is 0.321 e. The van der Waals surface area contributed by atoms with Crippen LogP contribution in [0.25, 0.3) is 0 Å². The van der Waals surface area contributed by atoms with E-state index in [1.54, 1.807) is 0 Å². The minimum absolute atomic E-state index is 0.0454. The number of nitrogens with one attached hydrogen (secondary N) is 1. The van der Waals surface area contributed by atoms with Gasteiger partial charge in [0.25, 0.3) is 0 Å². The Morgan fingerprint density at radius 1 is 1.47 bits per heavy atom. The fourth-order valence-electron chi connectivity index (χ4n) is 2.89. The highest BCUT2D eigenvalue weighted by atomic mass is 16.2. The lowest BCUT2D eigenvalue weighted by atomic mass is 10.0. The second-order valence-corrected chi connectivity index (χ2v) is 5.40. The Hall–Kier alpha value is -1.55. The molecule has 1 saturated carbocycles. The molecule has 2 atom stereocenters. The first-order valence-electron chi connectivity index (χ1n) is 6.92. The third-order valence-electron chi connectivity index (χ3n) is 4.01. The molecule has 1 aromatic carbocycles. The van der Waals surface area contributed by atoms with Crippen LogP contribution in [0.5, 0.6) is 0 Å². The summed E-state index contributed by atoms with van der Waals surface area (Å²) in [6.07, 6.45) is 3.34. The third-order valence-corrected chi connectivity index (χ3v) is 4.01. The number of nitrogens with zero attached hydrogens (tertiary/aromatic N) is 1. The maximum absolute atomic E-state index is 12.2. The molecular weight excluding hydrogens is 238 g/mol. The predicted molar refractivity (Wildman–Crippen MR) is 78.1 cm³/mol. The van der Waals surface area contributed by atoms with Crippen LogP contribution in [0.1, 0.15) is 24.8 Å². The van der Waals surface area contributed by atoms with E-state index < -0.39 is 0 Å². The number of urea groups is 1. The van der Waals surface area contributed by atoms with Gasteiger partial charge in [-0.3, -0.25) is 0 Å². The monoisotopic (exact) mass is 261 g/mol. The zero-order valence-corrected chi connectivity index (χ0v) is 11.7. The summed E-state index contributed by atoms with van der Waals surface area (Å²) < 4.78 is 0. The molecule has 0 heterocycles. The van der Waals surface area contributed by atoms with Gasteiger partial charge in [0, 0.05) is 18.8 Å². The summed E-state index contributed by atoms with van der Waals surface area (Å²) in [5, 5.41) is 2.95. The number of hydrogen-bond acceptors (Lipinski definition) is 2. The molecule has 0 radical (unpaired) electrons. The lowest BCUT2D eigenvalue weighted by Crippen LogP contribution is -2.43. The Kier molecular flexibility index (Phi) is 4.43. The molecule has 0 aromatic heterocycles. The number of nitrogens with two attached hydrogens (primary N) is 1. The van der Waals surface area contributed by atoms with Crippen molar-refractivity contribution in [1.82, 2.24) is 4.90 Å². The minimum atomic E-state index is -0.0454. The Balaban J connectivity index is 1.99. The molecule has 1 aliphatic carbocycles. The summed E-state index contributed by atoms with van der Waals surface area (Å²) in [6.45, 7) is 2.67. The van der Waals surface area contributed by atoms with Crippen molar-refractivity contribution in [3.05, 3.63) is 29.8 Å². The summed E-state index contributed by atoms with van der Waals surface area (Å²) in [4.78, 5) is 14.1. The number of carbonyl (C=O) groups is 1. The lowest BCUT2D eigenvalue weighted by molar-refractivity contribution is 0.190. The van der Waals surface area contributed by atoms with E-state index in [-0.39, 0.29) is 12.1 Å². The summed E-state index contributed by atoms with van der Waals surface area (Å²) >= 11 is 0. The van der Waals surface area contributed by atoms with Crippen LogP contribution in [0.3, 0.4) is 0 Å². The lowest BCUT2D eigenvalue weighted by Gasteiger charge is -2.29. The zero-order valence-electron chi connectivity index (χ0n) is 11.7. The molecule has 2 amide bonds. The van der Waals surface area contributed by atoms with Crippen LogP contribution >= 0.6 is 0 Å². The molecule has 0 saturated heterocycles. The third kappa shape index (κ3) is 3.26. The number of aryl methyl sites for hydroxylation is 1. The van der Waals surface area contributed by atoms with Gasteiger partial charge >= 0.3 is 6.03 Å². The molecule has 0 aliphatic heterocycles. The summed E-state index contributed by atoms with van der Waals surface area (Å²) in [5.74, 6) is 0.438. The molecule has 3 N–H and O–H groups in total. The van der Waals surface area contributed by atoms with Crippen LogP contribution in [0, 0.1) is 12.8 Å². The summed E-state index contributed by atoms with van der Waals surface area (Å²) in [7, 11) is 1.86. The Morgan fingerprint density at radius 3 is 2.95 bits per heavy atom. The van der Waals surface area contributed by atoms with Crippen molar-refractivity contribution in [3.63, 3.8) is 0 Å². The van der Waals surface area contributed by atoms with E-state index in [1.807, 2.05) is 43.1 Å². The highest BCUT2D eigenvalue weighted by molar-refractivity contribution is 5.89. The van der Waals surface area contributed by atoms with E-state index in [0.717, 1.165) is 30.5 Å². The molecule has 1 aromatic rings. The average molecular weight is 261 g/mol. The van der Waals surface area contributed by atoms with Gasteiger partial charge in [-0.2, -0.15) is 0 Å². The van der Waals surface area contributed by atoms with Crippen LogP contribution < -0.4 is 11.1 Å². The number of anilines is 1. The van der Waals surface area contributed by atoms with Crippen molar-refractivity contribution >= 4 is 11.7 Å². The van der Waals surface area contributed by atoms with E-state index in [2.05, 4.69) is 5.32 Å². The molecule has 4 heteroatoms. The van der Waals surface area contributed by atoms with Gasteiger partial charge in [-0.25, -0.2) is 4.79 Å².